The molecule has 0 spiro atoms. The lowest BCUT2D eigenvalue weighted by atomic mass is 10.1. The number of carbonyl (C=O) groups excluding carboxylic acids is 1. The minimum absolute atomic E-state index is 0.0804. The summed E-state index contributed by atoms with van der Waals surface area (Å²) in [6.45, 7) is 5.64. The fourth-order valence-electron chi connectivity index (χ4n) is 4.34. The number of anilines is 1. The smallest absolute Gasteiger partial charge is 0.337 e. The number of H-pyrrole nitrogens is 1. The van der Waals surface area contributed by atoms with Crippen molar-refractivity contribution in [1.29, 1.82) is 0 Å². The first-order valence-corrected chi connectivity index (χ1v) is 11.0. The van der Waals surface area contributed by atoms with E-state index in [0.717, 1.165) is 68.4 Å². The third-order valence-electron chi connectivity index (χ3n) is 6.26. The number of hydrogen-bond acceptors (Lipinski definition) is 7. The Balaban J connectivity index is 1.35. The quantitative estimate of drug-likeness (QED) is 0.586. The second kappa shape index (κ2) is 8.76. The Morgan fingerprint density at radius 3 is 2.72 bits per heavy atom. The van der Waals surface area contributed by atoms with Crippen molar-refractivity contribution in [1.82, 2.24) is 19.4 Å². The van der Waals surface area contributed by atoms with Crippen LogP contribution in [0.15, 0.2) is 41.2 Å². The number of esters is 1. The van der Waals surface area contributed by atoms with E-state index in [1.165, 1.54) is 13.2 Å². The molecule has 2 aliphatic rings. The Kier molecular flexibility index (Phi) is 5.67. The normalized spacial score (nSPS) is 19.2. The molecule has 1 atom stereocenters. The lowest BCUT2D eigenvalue weighted by molar-refractivity contribution is -0.0592. The van der Waals surface area contributed by atoms with Gasteiger partial charge in [-0.05, 0) is 30.7 Å². The van der Waals surface area contributed by atoms with Gasteiger partial charge in [0.15, 0.2) is 0 Å². The molecule has 0 unspecified atom stereocenters. The van der Waals surface area contributed by atoms with Gasteiger partial charge in [0.25, 0.3) is 0 Å². The fourth-order valence-corrected chi connectivity index (χ4v) is 4.34. The van der Waals surface area contributed by atoms with Crippen molar-refractivity contribution < 1.29 is 14.3 Å². The number of benzene rings is 1. The van der Waals surface area contributed by atoms with Gasteiger partial charge in [0, 0.05) is 38.9 Å². The molecule has 5 rings (SSSR count). The van der Waals surface area contributed by atoms with Crippen LogP contribution in [0, 0.1) is 0 Å². The first-order valence-electron chi connectivity index (χ1n) is 11.0. The van der Waals surface area contributed by atoms with Crippen molar-refractivity contribution in [2.75, 3.05) is 44.8 Å². The molecule has 0 aliphatic carbocycles. The molecule has 32 heavy (non-hydrogen) atoms. The number of methoxy groups -OCH3 is 1. The Hall–Kier alpha value is -3.17. The Bertz CT molecular complexity index is 1170. The molecule has 1 N–H and O–H groups in total. The number of aromatic nitrogens is 3. The molecule has 9 nitrogen and oxygen atoms in total. The summed E-state index contributed by atoms with van der Waals surface area (Å²) in [6.07, 6.45) is 1.21. The molecule has 168 valence electrons. The van der Waals surface area contributed by atoms with Crippen LogP contribution in [0.4, 0.5) is 5.82 Å². The monoisotopic (exact) mass is 437 g/mol. The SMILES string of the molecule is COC(=O)c1ccc2nc(CN3CCN(c4cccc(=O)[nH]4)CC3)n(C[C@@H]3CCO3)c2c1. The van der Waals surface area contributed by atoms with Gasteiger partial charge in [-0.1, -0.05) is 6.07 Å². The van der Waals surface area contributed by atoms with Gasteiger partial charge in [0.1, 0.15) is 11.6 Å². The van der Waals surface area contributed by atoms with E-state index in [0.29, 0.717) is 12.1 Å². The number of hydrogen-bond donors (Lipinski definition) is 1. The highest BCUT2D eigenvalue weighted by Gasteiger charge is 2.25. The van der Waals surface area contributed by atoms with Crippen LogP contribution >= 0.6 is 0 Å². The highest BCUT2D eigenvalue weighted by atomic mass is 16.5. The number of imidazole rings is 1. The number of aromatic amines is 1. The summed E-state index contributed by atoms with van der Waals surface area (Å²) in [5, 5.41) is 0. The van der Waals surface area contributed by atoms with Gasteiger partial charge < -0.3 is 23.9 Å². The summed E-state index contributed by atoms with van der Waals surface area (Å²) in [4.78, 5) is 36.0. The van der Waals surface area contributed by atoms with Crippen LogP contribution in [-0.4, -0.2) is 71.4 Å². The van der Waals surface area contributed by atoms with Gasteiger partial charge in [-0.15, -0.1) is 0 Å². The first kappa shape index (κ1) is 20.7. The molecular formula is C23H27N5O4. The zero-order chi connectivity index (χ0) is 22.1. The molecule has 2 aliphatic heterocycles. The molecule has 4 heterocycles. The van der Waals surface area contributed by atoms with E-state index in [2.05, 4.69) is 19.4 Å². The van der Waals surface area contributed by atoms with Gasteiger partial charge in [-0.25, -0.2) is 9.78 Å². The molecule has 0 radical (unpaired) electrons. The number of piperazine rings is 1. The lowest BCUT2D eigenvalue weighted by Gasteiger charge is -2.35. The Labute approximate surface area is 185 Å². The van der Waals surface area contributed by atoms with E-state index in [9.17, 15) is 9.59 Å². The minimum Gasteiger partial charge on any atom is -0.465 e. The van der Waals surface area contributed by atoms with E-state index < -0.39 is 0 Å². The van der Waals surface area contributed by atoms with E-state index in [-0.39, 0.29) is 17.6 Å². The van der Waals surface area contributed by atoms with E-state index in [1.807, 2.05) is 18.2 Å². The van der Waals surface area contributed by atoms with Crippen LogP contribution in [-0.2, 0) is 22.6 Å². The summed E-state index contributed by atoms with van der Waals surface area (Å²) in [5.41, 5.74) is 2.24. The van der Waals surface area contributed by atoms with Gasteiger partial charge in [0.2, 0.25) is 5.56 Å². The Morgan fingerprint density at radius 1 is 1.22 bits per heavy atom. The second-order valence-corrected chi connectivity index (χ2v) is 8.28. The molecule has 0 bridgehead atoms. The maximum absolute atomic E-state index is 12.0. The highest BCUT2D eigenvalue weighted by molar-refractivity contribution is 5.93. The number of nitrogens with zero attached hydrogens (tertiary/aromatic N) is 4. The maximum atomic E-state index is 12.0. The third kappa shape index (κ3) is 4.13. The number of carbonyl (C=O) groups is 1. The van der Waals surface area contributed by atoms with Crippen molar-refractivity contribution in [3.8, 4) is 0 Å². The summed E-state index contributed by atoms with van der Waals surface area (Å²) in [7, 11) is 1.39. The molecule has 0 amide bonds. The standard InChI is InChI=1S/C23H27N5O4/c1-31-23(30)16-5-6-18-19(13-16)28(14-17-7-12-32-17)21(24-18)15-26-8-10-27(11-9-26)20-3-2-4-22(29)25-20/h2-6,13,17H,7-12,14-15H2,1H3,(H,25,29)/t17-/m0/s1. The highest BCUT2D eigenvalue weighted by Crippen LogP contribution is 2.24. The van der Waals surface area contributed by atoms with Crippen LogP contribution in [0.1, 0.15) is 22.6 Å². The fraction of sp³-hybridized carbons (Fsp3) is 0.435. The average Bonchev–Trinajstić information content (AvgIpc) is 3.12. The largest absolute Gasteiger partial charge is 0.465 e. The van der Waals surface area contributed by atoms with Crippen molar-refractivity contribution >= 4 is 22.8 Å². The zero-order valence-electron chi connectivity index (χ0n) is 18.1. The van der Waals surface area contributed by atoms with E-state index in [1.54, 1.807) is 12.1 Å². The third-order valence-corrected chi connectivity index (χ3v) is 6.26. The number of fused-ring (bicyclic) bond motifs is 1. The van der Waals surface area contributed by atoms with Crippen molar-refractivity contribution in [3.05, 3.63) is 58.1 Å². The molecule has 2 saturated heterocycles. The summed E-state index contributed by atoms with van der Waals surface area (Å²) < 4.78 is 12.8. The zero-order valence-corrected chi connectivity index (χ0v) is 18.1. The summed E-state index contributed by atoms with van der Waals surface area (Å²) in [5.74, 6) is 1.48. The van der Waals surface area contributed by atoms with Crippen molar-refractivity contribution in [2.45, 2.75) is 25.6 Å². The van der Waals surface area contributed by atoms with Gasteiger partial charge in [0.05, 0.1) is 42.9 Å². The minimum atomic E-state index is -0.351. The molecule has 0 saturated carbocycles. The van der Waals surface area contributed by atoms with E-state index in [4.69, 9.17) is 14.5 Å². The van der Waals surface area contributed by atoms with Gasteiger partial charge >= 0.3 is 5.97 Å². The Morgan fingerprint density at radius 2 is 2.03 bits per heavy atom. The van der Waals surface area contributed by atoms with E-state index >= 15 is 0 Å². The summed E-state index contributed by atoms with van der Waals surface area (Å²) >= 11 is 0. The van der Waals surface area contributed by atoms with Gasteiger partial charge in [-0.2, -0.15) is 0 Å². The first-order chi connectivity index (χ1) is 15.6. The summed E-state index contributed by atoms with van der Waals surface area (Å²) in [6, 6.07) is 10.8. The molecule has 9 heteroatoms. The van der Waals surface area contributed by atoms with Gasteiger partial charge in [-0.3, -0.25) is 9.69 Å². The van der Waals surface area contributed by atoms with Crippen LogP contribution < -0.4 is 10.5 Å². The number of pyridine rings is 1. The lowest BCUT2D eigenvalue weighted by Crippen LogP contribution is -2.47. The van der Waals surface area contributed by atoms with Crippen molar-refractivity contribution in [3.63, 3.8) is 0 Å². The maximum Gasteiger partial charge on any atom is 0.337 e. The van der Waals surface area contributed by atoms with Crippen LogP contribution in [0.3, 0.4) is 0 Å². The van der Waals surface area contributed by atoms with Crippen LogP contribution in [0.5, 0.6) is 0 Å². The molecule has 2 aromatic heterocycles. The van der Waals surface area contributed by atoms with Crippen molar-refractivity contribution in [2.24, 2.45) is 0 Å². The topological polar surface area (TPSA) is 92.7 Å². The predicted octanol–water partition coefficient (Wildman–Crippen LogP) is 1.62. The van der Waals surface area contributed by atoms with Crippen LogP contribution in [0.2, 0.25) is 0 Å². The predicted molar refractivity (Wildman–Crippen MR) is 120 cm³/mol. The number of rotatable bonds is 6. The van der Waals surface area contributed by atoms with Crippen LogP contribution in [0.25, 0.3) is 11.0 Å². The number of nitrogens with one attached hydrogen (secondary N) is 1. The average molecular weight is 438 g/mol. The molecule has 3 aromatic rings. The molecule has 1 aromatic carbocycles. The molecule has 2 fully saturated rings. The molecular weight excluding hydrogens is 410 g/mol. The number of ether oxygens (including phenoxy) is 2. The second-order valence-electron chi connectivity index (χ2n) is 8.28.